The van der Waals surface area contributed by atoms with Crippen LogP contribution in [0.25, 0.3) is 0 Å². The van der Waals surface area contributed by atoms with Gasteiger partial charge < -0.3 is 14.8 Å². The fourth-order valence-electron chi connectivity index (χ4n) is 2.78. The van der Waals surface area contributed by atoms with Gasteiger partial charge in [0.15, 0.2) is 6.10 Å². The van der Waals surface area contributed by atoms with Crippen molar-refractivity contribution in [3.63, 3.8) is 0 Å². The van der Waals surface area contributed by atoms with Crippen molar-refractivity contribution in [3.05, 3.63) is 45.6 Å². The van der Waals surface area contributed by atoms with Gasteiger partial charge in [0.05, 0.1) is 7.11 Å². The lowest BCUT2D eigenvalue weighted by Crippen LogP contribution is -2.29. The molecule has 0 saturated heterocycles. The van der Waals surface area contributed by atoms with Gasteiger partial charge in [-0.2, -0.15) is 0 Å². The number of nitrogens with one attached hydrogen (secondary N) is 1. The molecule has 132 valence electrons. The largest absolute Gasteiger partial charge is 0.497 e. The van der Waals surface area contributed by atoms with E-state index in [1.807, 2.05) is 6.07 Å². The van der Waals surface area contributed by atoms with Gasteiger partial charge in [0.25, 0.3) is 5.91 Å². The summed E-state index contributed by atoms with van der Waals surface area (Å²) in [5.41, 5.74) is 1.87. The Hall–Kier alpha value is -2.34. The van der Waals surface area contributed by atoms with Crippen molar-refractivity contribution in [1.82, 2.24) is 0 Å². The zero-order chi connectivity index (χ0) is 17.8. The van der Waals surface area contributed by atoms with E-state index in [-0.39, 0.29) is 5.91 Å². The highest BCUT2D eigenvalue weighted by atomic mass is 32.1. The Bertz CT molecular complexity index is 743. The van der Waals surface area contributed by atoms with E-state index in [4.69, 9.17) is 9.47 Å². The molecule has 1 amide bonds. The van der Waals surface area contributed by atoms with E-state index in [1.54, 1.807) is 38.3 Å². The van der Waals surface area contributed by atoms with E-state index >= 15 is 0 Å². The number of aryl methyl sites for hydroxylation is 2. The van der Waals surface area contributed by atoms with Crippen LogP contribution in [0.3, 0.4) is 0 Å². The van der Waals surface area contributed by atoms with Crippen molar-refractivity contribution in [2.45, 2.75) is 38.7 Å². The number of benzene rings is 1. The van der Waals surface area contributed by atoms with Gasteiger partial charge in [-0.1, -0.05) is 0 Å². The van der Waals surface area contributed by atoms with Gasteiger partial charge in [0.2, 0.25) is 0 Å². The highest BCUT2D eigenvalue weighted by molar-refractivity contribution is 7.14. The number of esters is 1. The van der Waals surface area contributed by atoms with Gasteiger partial charge in [0.1, 0.15) is 10.6 Å². The third-order valence-corrected chi connectivity index (χ3v) is 5.43. The summed E-state index contributed by atoms with van der Waals surface area (Å²) in [6.45, 7) is 1.57. The molecular formula is C19H21NO4S. The van der Waals surface area contributed by atoms with Crippen molar-refractivity contribution in [2.24, 2.45) is 0 Å². The Labute approximate surface area is 151 Å². The summed E-state index contributed by atoms with van der Waals surface area (Å²) < 4.78 is 10.4. The number of hydrogen-bond acceptors (Lipinski definition) is 5. The molecule has 1 aliphatic carbocycles. The van der Waals surface area contributed by atoms with Gasteiger partial charge in [-0.3, -0.25) is 4.79 Å². The molecule has 3 rings (SSSR count). The first-order valence-corrected chi connectivity index (χ1v) is 9.16. The quantitative estimate of drug-likeness (QED) is 0.824. The molecule has 2 aromatic rings. The van der Waals surface area contributed by atoms with Crippen LogP contribution in [0.5, 0.6) is 5.75 Å². The first-order valence-electron chi connectivity index (χ1n) is 8.34. The van der Waals surface area contributed by atoms with Crippen molar-refractivity contribution in [3.8, 4) is 5.75 Å². The summed E-state index contributed by atoms with van der Waals surface area (Å²) in [7, 11) is 1.58. The van der Waals surface area contributed by atoms with Gasteiger partial charge in [0, 0.05) is 10.6 Å². The number of thiophene rings is 1. The van der Waals surface area contributed by atoms with Crippen LogP contribution in [0.2, 0.25) is 0 Å². The van der Waals surface area contributed by atoms with Crippen molar-refractivity contribution in [1.29, 1.82) is 0 Å². The van der Waals surface area contributed by atoms with Crippen LogP contribution in [0.1, 0.15) is 39.9 Å². The second kappa shape index (κ2) is 7.70. The lowest BCUT2D eigenvalue weighted by molar-refractivity contribution is -0.123. The van der Waals surface area contributed by atoms with Crippen LogP contribution < -0.4 is 10.1 Å². The van der Waals surface area contributed by atoms with E-state index in [1.165, 1.54) is 34.6 Å². The molecule has 0 radical (unpaired) electrons. The highest BCUT2D eigenvalue weighted by Gasteiger charge is 2.22. The summed E-state index contributed by atoms with van der Waals surface area (Å²) >= 11 is 1.49. The molecule has 6 heteroatoms. The van der Waals surface area contributed by atoms with Crippen LogP contribution in [0, 0.1) is 0 Å². The average molecular weight is 359 g/mol. The Morgan fingerprint density at radius 2 is 1.88 bits per heavy atom. The number of carbonyl (C=O) groups is 2. The molecule has 1 heterocycles. The molecule has 1 atom stereocenters. The smallest absolute Gasteiger partial charge is 0.349 e. The molecule has 0 unspecified atom stereocenters. The SMILES string of the molecule is COc1ccc(NC(=O)[C@H](C)OC(=O)c2cc3c(s2)CCCC3)cc1. The number of carbonyl (C=O) groups excluding carboxylic acids is 2. The summed E-state index contributed by atoms with van der Waals surface area (Å²) in [5.74, 6) is -0.0873. The van der Waals surface area contributed by atoms with Crippen LogP contribution in [-0.4, -0.2) is 25.1 Å². The van der Waals surface area contributed by atoms with Gasteiger partial charge in [-0.25, -0.2) is 4.79 Å². The molecular weight excluding hydrogens is 338 g/mol. The maximum absolute atomic E-state index is 12.3. The number of amides is 1. The number of anilines is 1. The van der Waals surface area contributed by atoms with E-state index in [0.717, 1.165) is 12.8 Å². The monoisotopic (exact) mass is 359 g/mol. The molecule has 1 aromatic carbocycles. The van der Waals surface area contributed by atoms with E-state index in [2.05, 4.69) is 5.32 Å². The average Bonchev–Trinajstić information content (AvgIpc) is 3.06. The standard InChI is InChI=1S/C19H21NO4S/c1-12(18(21)20-14-7-9-15(23-2)10-8-14)24-19(22)17-11-13-5-3-4-6-16(13)25-17/h7-12H,3-6H2,1-2H3,(H,20,21)/t12-/m0/s1. The minimum absolute atomic E-state index is 0.361. The molecule has 0 fully saturated rings. The molecule has 0 spiro atoms. The molecule has 5 nitrogen and oxygen atoms in total. The second-order valence-electron chi connectivity index (χ2n) is 6.03. The van der Waals surface area contributed by atoms with Crippen LogP contribution >= 0.6 is 11.3 Å². The highest BCUT2D eigenvalue weighted by Crippen LogP contribution is 2.30. The molecule has 0 saturated carbocycles. The minimum Gasteiger partial charge on any atom is -0.497 e. The maximum atomic E-state index is 12.3. The predicted octanol–water partition coefficient (Wildman–Crippen LogP) is 3.82. The van der Waals surface area contributed by atoms with Crippen LogP contribution in [0.15, 0.2) is 30.3 Å². The van der Waals surface area contributed by atoms with Crippen molar-refractivity contribution >= 4 is 28.9 Å². The van der Waals surface area contributed by atoms with E-state index in [0.29, 0.717) is 16.3 Å². The maximum Gasteiger partial charge on any atom is 0.349 e. The van der Waals surface area contributed by atoms with Crippen LogP contribution in [-0.2, 0) is 22.4 Å². The summed E-state index contributed by atoms with van der Waals surface area (Å²) in [5, 5.41) is 2.73. The molecule has 25 heavy (non-hydrogen) atoms. The van der Waals surface area contributed by atoms with E-state index < -0.39 is 12.1 Å². The Balaban J connectivity index is 1.58. The number of fused-ring (bicyclic) bond motifs is 1. The first-order chi connectivity index (χ1) is 12.1. The third kappa shape index (κ3) is 4.20. The molecule has 0 aliphatic heterocycles. The topological polar surface area (TPSA) is 64.6 Å². The van der Waals surface area contributed by atoms with Gasteiger partial charge in [-0.15, -0.1) is 11.3 Å². The third-order valence-electron chi connectivity index (χ3n) is 4.21. The molecule has 1 N–H and O–H groups in total. The first kappa shape index (κ1) is 17.5. The minimum atomic E-state index is -0.867. The molecule has 1 aromatic heterocycles. The zero-order valence-corrected chi connectivity index (χ0v) is 15.2. The number of methoxy groups -OCH3 is 1. The fraction of sp³-hybridized carbons (Fsp3) is 0.368. The lowest BCUT2D eigenvalue weighted by Gasteiger charge is -2.13. The second-order valence-corrected chi connectivity index (χ2v) is 7.17. The summed E-state index contributed by atoms with van der Waals surface area (Å²) in [6.07, 6.45) is 3.52. The summed E-state index contributed by atoms with van der Waals surface area (Å²) in [6, 6.07) is 8.89. The summed E-state index contributed by atoms with van der Waals surface area (Å²) in [4.78, 5) is 26.4. The molecule has 0 bridgehead atoms. The fourth-order valence-corrected chi connectivity index (χ4v) is 3.92. The number of ether oxygens (including phenoxy) is 2. The van der Waals surface area contributed by atoms with Gasteiger partial charge >= 0.3 is 5.97 Å². The lowest BCUT2D eigenvalue weighted by atomic mass is 9.99. The van der Waals surface area contributed by atoms with Crippen molar-refractivity contribution in [2.75, 3.05) is 12.4 Å². The Kier molecular flexibility index (Phi) is 5.38. The number of rotatable bonds is 5. The molecule has 1 aliphatic rings. The predicted molar refractivity (Wildman–Crippen MR) is 97.5 cm³/mol. The van der Waals surface area contributed by atoms with Crippen molar-refractivity contribution < 1.29 is 19.1 Å². The Morgan fingerprint density at radius 1 is 1.16 bits per heavy atom. The Morgan fingerprint density at radius 3 is 2.56 bits per heavy atom. The zero-order valence-electron chi connectivity index (χ0n) is 14.3. The van der Waals surface area contributed by atoms with Gasteiger partial charge in [-0.05, 0) is 68.5 Å². The number of hydrogen-bond donors (Lipinski definition) is 1. The van der Waals surface area contributed by atoms with Crippen LogP contribution in [0.4, 0.5) is 5.69 Å². The normalized spacial score (nSPS) is 14.3. The van der Waals surface area contributed by atoms with E-state index in [9.17, 15) is 9.59 Å².